The Morgan fingerprint density at radius 2 is 2.04 bits per heavy atom. The summed E-state index contributed by atoms with van der Waals surface area (Å²) in [5.41, 5.74) is 0.440. The van der Waals surface area contributed by atoms with E-state index in [9.17, 15) is 14.9 Å². The number of nitrogens with one attached hydrogen (secondary N) is 1. The normalized spacial score (nSPS) is 12.4. The molecule has 0 bridgehead atoms. The van der Waals surface area contributed by atoms with Crippen LogP contribution in [0.25, 0.3) is 11.4 Å². The minimum absolute atomic E-state index is 0.0468. The summed E-state index contributed by atoms with van der Waals surface area (Å²) < 4.78 is 5.30. The zero-order valence-corrected chi connectivity index (χ0v) is 14.7. The Morgan fingerprint density at radius 3 is 2.64 bits per heavy atom. The fourth-order valence-electron chi connectivity index (χ4n) is 2.35. The maximum Gasteiger partial charge on any atom is 0.270 e. The third-order valence-corrected chi connectivity index (χ3v) is 3.60. The fraction of sp³-hybridized carbons (Fsp3) is 0.471. The Kier molecular flexibility index (Phi) is 5.84. The molecule has 0 aliphatic rings. The van der Waals surface area contributed by atoms with E-state index in [1.165, 1.54) is 12.1 Å². The van der Waals surface area contributed by atoms with Crippen molar-refractivity contribution in [1.29, 1.82) is 0 Å². The predicted molar refractivity (Wildman–Crippen MR) is 91.6 cm³/mol. The molecule has 25 heavy (non-hydrogen) atoms. The molecule has 0 fully saturated rings. The van der Waals surface area contributed by atoms with E-state index in [2.05, 4.69) is 15.5 Å². The van der Waals surface area contributed by atoms with Gasteiger partial charge >= 0.3 is 0 Å². The number of hydrogen-bond donors (Lipinski definition) is 1. The summed E-state index contributed by atoms with van der Waals surface area (Å²) in [6.45, 7) is 7.82. The molecule has 1 aromatic heterocycles. The number of nitrogens with zero attached hydrogens (tertiary/aromatic N) is 3. The molecule has 0 aliphatic heterocycles. The second-order valence-electron chi connectivity index (χ2n) is 6.65. The summed E-state index contributed by atoms with van der Waals surface area (Å²) in [7, 11) is 0. The van der Waals surface area contributed by atoms with Crippen LogP contribution in [0.3, 0.4) is 0 Å². The zero-order chi connectivity index (χ0) is 18.6. The summed E-state index contributed by atoms with van der Waals surface area (Å²) in [6, 6.07) is 5.60. The largest absolute Gasteiger partial charge is 0.344 e. The molecule has 134 valence electrons. The van der Waals surface area contributed by atoms with Crippen LogP contribution in [0.15, 0.2) is 28.8 Å². The first kappa shape index (κ1) is 18.6. The highest BCUT2D eigenvalue weighted by atomic mass is 16.6. The van der Waals surface area contributed by atoms with Gasteiger partial charge in [-0.3, -0.25) is 14.9 Å². The van der Waals surface area contributed by atoms with Crippen molar-refractivity contribution in [3.8, 4) is 11.4 Å². The van der Waals surface area contributed by atoms with Crippen LogP contribution in [0, 0.1) is 22.0 Å². The monoisotopic (exact) mass is 346 g/mol. The van der Waals surface area contributed by atoms with E-state index in [-0.39, 0.29) is 35.1 Å². The maximum atomic E-state index is 12.1. The van der Waals surface area contributed by atoms with Gasteiger partial charge in [-0.1, -0.05) is 45.0 Å². The number of benzene rings is 1. The topological polar surface area (TPSA) is 111 Å². The maximum absolute atomic E-state index is 12.1. The molecule has 1 heterocycles. The smallest absolute Gasteiger partial charge is 0.270 e. The highest BCUT2D eigenvalue weighted by molar-refractivity contribution is 5.76. The summed E-state index contributed by atoms with van der Waals surface area (Å²) >= 11 is 0. The number of rotatable bonds is 7. The second-order valence-corrected chi connectivity index (χ2v) is 6.65. The van der Waals surface area contributed by atoms with Gasteiger partial charge < -0.3 is 9.84 Å². The van der Waals surface area contributed by atoms with Gasteiger partial charge in [0, 0.05) is 24.1 Å². The number of non-ortho nitro benzene ring substituents is 1. The highest BCUT2D eigenvalue weighted by Crippen LogP contribution is 2.25. The van der Waals surface area contributed by atoms with Crippen LogP contribution in [0.1, 0.15) is 46.0 Å². The number of carbonyl (C=O) groups is 1. The average Bonchev–Trinajstić information content (AvgIpc) is 3.01. The number of nitro benzene ring substituents is 1. The van der Waals surface area contributed by atoms with Crippen molar-refractivity contribution in [2.75, 3.05) is 0 Å². The molecule has 1 atom stereocenters. The lowest BCUT2D eigenvalue weighted by Crippen LogP contribution is -2.32. The molecule has 0 aliphatic carbocycles. The van der Waals surface area contributed by atoms with Crippen molar-refractivity contribution in [3.05, 3.63) is 40.3 Å². The average molecular weight is 346 g/mol. The first-order valence-electron chi connectivity index (χ1n) is 8.15. The Bertz CT molecular complexity index is 755. The summed E-state index contributed by atoms with van der Waals surface area (Å²) in [5, 5.41) is 17.7. The van der Waals surface area contributed by atoms with Crippen molar-refractivity contribution in [2.45, 2.75) is 40.2 Å². The van der Waals surface area contributed by atoms with Gasteiger partial charge in [-0.2, -0.15) is 4.98 Å². The molecule has 1 N–H and O–H groups in total. The van der Waals surface area contributed by atoms with Gasteiger partial charge in [-0.05, 0) is 11.8 Å². The Labute approximate surface area is 145 Å². The van der Waals surface area contributed by atoms with E-state index >= 15 is 0 Å². The lowest BCUT2D eigenvalue weighted by Gasteiger charge is -2.19. The molecule has 0 saturated carbocycles. The molecule has 0 radical (unpaired) electrons. The van der Waals surface area contributed by atoms with Gasteiger partial charge in [0.1, 0.15) is 6.04 Å². The molecule has 8 nitrogen and oxygen atoms in total. The van der Waals surface area contributed by atoms with E-state index in [4.69, 9.17) is 4.52 Å². The van der Waals surface area contributed by atoms with E-state index in [0.717, 1.165) is 0 Å². The predicted octanol–water partition coefficient (Wildman–Crippen LogP) is 3.50. The Balaban J connectivity index is 2.23. The van der Waals surface area contributed by atoms with Crippen molar-refractivity contribution in [2.24, 2.45) is 11.8 Å². The minimum atomic E-state index is -0.479. The van der Waals surface area contributed by atoms with E-state index in [0.29, 0.717) is 12.0 Å². The first-order chi connectivity index (χ1) is 11.8. The van der Waals surface area contributed by atoms with E-state index in [1.807, 2.05) is 27.7 Å². The zero-order valence-electron chi connectivity index (χ0n) is 14.7. The van der Waals surface area contributed by atoms with Crippen LogP contribution in [0.4, 0.5) is 5.69 Å². The molecular formula is C17H22N4O4. The van der Waals surface area contributed by atoms with Crippen molar-refractivity contribution in [1.82, 2.24) is 15.5 Å². The number of amides is 1. The van der Waals surface area contributed by atoms with Gasteiger partial charge in [0.2, 0.25) is 17.6 Å². The van der Waals surface area contributed by atoms with Crippen molar-refractivity contribution < 1.29 is 14.2 Å². The molecule has 1 aromatic carbocycles. The molecule has 1 unspecified atom stereocenters. The summed E-state index contributed by atoms with van der Waals surface area (Å²) in [6.07, 6.45) is 0.412. The number of nitro groups is 1. The molecule has 2 rings (SSSR count). The molecule has 8 heteroatoms. The third kappa shape index (κ3) is 4.85. The van der Waals surface area contributed by atoms with E-state index < -0.39 is 11.0 Å². The lowest BCUT2D eigenvalue weighted by atomic mass is 10.0. The number of hydrogen-bond acceptors (Lipinski definition) is 6. The fourth-order valence-corrected chi connectivity index (χ4v) is 2.35. The SMILES string of the molecule is CC(C)CC(=O)NC(c1nc(-c2cccc([N+](=O)[O-])c2)no1)C(C)C. The third-order valence-electron chi connectivity index (χ3n) is 3.60. The van der Waals surface area contributed by atoms with Gasteiger partial charge in [-0.15, -0.1) is 0 Å². The van der Waals surface area contributed by atoms with Gasteiger partial charge in [0.15, 0.2) is 0 Å². The van der Waals surface area contributed by atoms with Crippen molar-refractivity contribution in [3.63, 3.8) is 0 Å². The standard InChI is InChI=1S/C17H22N4O4/c1-10(2)8-14(22)18-15(11(3)4)17-19-16(20-25-17)12-6-5-7-13(9-12)21(23)24/h5-7,9-11,15H,8H2,1-4H3,(H,18,22). The molecule has 0 saturated heterocycles. The molecule has 1 amide bonds. The number of carbonyl (C=O) groups excluding carboxylic acids is 1. The van der Waals surface area contributed by atoms with Crippen LogP contribution >= 0.6 is 0 Å². The van der Waals surface area contributed by atoms with Gasteiger partial charge in [0.25, 0.3) is 5.69 Å². The van der Waals surface area contributed by atoms with Crippen molar-refractivity contribution >= 4 is 11.6 Å². The molecule has 0 spiro atoms. The second kappa shape index (κ2) is 7.87. The van der Waals surface area contributed by atoms with Crippen LogP contribution in [0.5, 0.6) is 0 Å². The number of aromatic nitrogens is 2. The minimum Gasteiger partial charge on any atom is -0.344 e. The Morgan fingerprint density at radius 1 is 1.32 bits per heavy atom. The van der Waals surface area contributed by atoms with Crippen LogP contribution in [-0.4, -0.2) is 21.0 Å². The summed E-state index contributed by atoms with van der Waals surface area (Å²) in [5.74, 6) is 0.755. The summed E-state index contributed by atoms with van der Waals surface area (Å²) in [4.78, 5) is 26.8. The Hall–Kier alpha value is -2.77. The van der Waals surface area contributed by atoms with Crippen LogP contribution in [0.2, 0.25) is 0 Å². The van der Waals surface area contributed by atoms with Gasteiger partial charge in [0.05, 0.1) is 4.92 Å². The quantitative estimate of drug-likeness (QED) is 0.606. The molecular weight excluding hydrogens is 324 g/mol. The van der Waals surface area contributed by atoms with Gasteiger partial charge in [-0.25, -0.2) is 0 Å². The van der Waals surface area contributed by atoms with Crippen LogP contribution < -0.4 is 5.32 Å². The lowest BCUT2D eigenvalue weighted by molar-refractivity contribution is -0.384. The first-order valence-corrected chi connectivity index (χ1v) is 8.15. The molecule has 2 aromatic rings. The highest BCUT2D eigenvalue weighted by Gasteiger charge is 2.25. The van der Waals surface area contributed by atoms with Crippen LogP contribution in [-0.2, 0) is 4.79 Å². The van der Waals surface area contributed by atoms with E-state index in [1.54, 1.807) is 12.1 Å².